The van der Waals surface area contributed by atoms with Gasteiger partial charge in [0.2, 0.25) is 5.88 Å². The van der Waals surface area contributed by atoms with Crippen molar-refractivity contribution in [3.63, 3.8) is 0 Å². The number of pyridine rings is 1. The highest BCUT2D eigenvalue weighted by molar-refractivity contribution is 5.36. The number of benzene rings is 1. The third kappa shape index (κ3) is 4.01. The van der Waals surface area contributed by atoms with Crippen LogP contribution in [0.4, 0.5) is 4.39 Å². The van der Waals surface area contributed by atoms with E-state index in [1.807, 2.05) is 0 Å². The van der Waals surface area contributed by atoms with E-state index < -0.39 is 0 Å². The molecule has 0 unspecified atom stereocenters. The number of halogens is 1. The molecule has 0 amide bonds. The van der Waals surface area contributed by atoms with Gasteiger partial charge in [-0.2, -0.15) is 9.78 Å². The zero-order valence-corrected chi connectivity index (χ0v) is 13.5. The van der Waals surface area contributed by atoms with E-state index in [1.165, 1.54) is 16.8 Å². The maximum absolute atomic E-state index is 13.0. The molecule has 130 valence electrons. The van der Waals surface area contributed by atoms with Crippen LogP contribution in [-0.4, -0.2) is 31.6 Å². The monoisotopic (exact) mass is 343 g/mol. The molecule has 1 aromatic carbocycles. The molecule has 0 spiro atoms. The van der Waals surface area contributed by atoms with Crippen LogP contribution < -0.4 is 4.74 Å². The van der Waals surface area contributed by atoms with E-state index in [2.05, 4.69) is 10.1 Å². The fourth-order valence-corrected chi connectivity index (χ4v) is 2.39. The van der Waals surface area contributed by atoms with Crippen LogP contribution in [0.5, 0.6) is 5.88 Å². The van der Waals surface area contributed by atoms with Gasteiger partial charge in [0.25, 0.3) is 0 Å². The molecule has 0 saturated carbocycles. The van der Waals surface area contributed by atoms with Crippen molar-refractivity contribution in [1.82, 2.24) is 14.8 Å². The van der Waals surface area contributed by atoms with Crippen molar-refractivity contribution in [2.75, 3.05) is 6.61 Å². The van der Waals surface area contributed by atoms with Crippen LogP contribution in [-0.2, 0) is 19.6 Å². The fourth-order valence-electron chi connectivity index (χ4n) is 2.39. The molecule has 0 radical (unpaired) electrons. The Kier molecular flexibility index (Phi) is 5.37. The van der Waals surface area contributed by atoms with Gasteiger partial charge in [-0.1, -0.05) is 12.1 Å². The van der Waals surface area contributed by atoms with Gasteiger partial charge >= 0.3 is 0 Å². The van der Waals surface area contributed by atoms with Crippen molar-refractivity contribution >= 4 is 0 Å². The molecule has 0 fully saturated rings. The van der Waals surface area contributed by atoms with Crippen LogP contribution in [0.25, 0.3) is 5.82 Å². The van der Waals surface area contributed by atoms with E-state index in [0.717, 1.165) is 11.1 Å². The summed E-state index contributed by atoms with van der Waals surface area (Å²) in [5, 5.41) is 22.8. The second-order valence-electron chi connectivity index (χ2n) is 5.46. The predicted octanol–water partition coefficient (Wildman–Crippen LogP) is 2.01. The van der Waals surface area contributed by atoms with Gasteiger partial charge in [-0.15, -0.1) is 0 Å². The van der Waals surface area contributed by atoms with Crippen molar-refractivity contribution in [2.45, 2.75) is 19.6 Å². The summed E-state index contributed by atoms with van der Waals surface area (Å²) in [6, 6.07) is 9.45. The first-order chi connectivity index (χ1) is 12.2. The molecular formula is C18H18FN3O3. The largest absolute Gasteiger partial charge is 0.472 e. The van der Waals surface area contributed by atoms with Crippen molar-refractivity contribution in [1.29, 1.82) is 0 Å². The maximum Gasteiger partial charge on any atom is 0.221 e. The molecule has 0 bridgehead atoms. The summed E-state index contributed by atoms with van der Waals surface area (Å²) >= 11 is 0. The average Bonchev–Trinajstić information content (AvgIpc) is 3.04. The molecule has 2 N–H and O–H groups in total. The Labute approximate surface area is 144 Å². The van der Waals surface area contributed by atoms with E-state index in [9.17, 15) is 14.6 Å². The Hall–Kier alpha value is -2.77. The molecule has 3 aromatic rings. The lowest BCUT2D eigenvalue weighted by atomic mass is 10.2. The molecule has 2 heterocycles. The Bertz CT molecular complexity index is 834. The Morgan fingerprint density at radius 3 is 2.60 bits per heavy atom. The number of rotatable bonds is 7. The minimum Gasteiger partial charge on any atom is -0.472 e. The standard InChI is InChI=1S/C18H18FN3O3/c19-16-3-1-13(2-4-16)12-25-18-15(6-8-23)10-21-22(18)17-9-14(11-24)5-7-20-17/h1-5,7,9-10,23-24H,6,8,11-12H2. The van der Waals surface area contributed by atoms with Crippen molar-refractivity contribution in [3.05, 3.63) is 71.3 Å². The molecule has 0 aliphatic heterocycles. The van der Waals surface area contributed by atoms with E-state index >= 15 is 0 Å². The van der Waals surface area contributed by atoms with Gasteiger partial charge in [0, 0.05) is 24.8 Å². The van der Waals surface area contributed by atoms with Crippen LogP contribution in [0.3, 0.4) is 0 Å². The summed E-state index contributed by atoms with van der Waals surface area (Å²) in [4.78, 5) is 4.26. The predicted molar refractivity (Wildman–Crippen MR) is 88.8 cm³/mol. The van der Waals surface area contributed by atoms with Crippen molar-refractivity contribution in [2.24, 2.45) is 0 Å². The summed E-state index contributed by atoms with van der Waals surface area (Å²) in [6.07, 6.45) is 3.58. The Morgan fingerprint density at radius 2 is 1.88 bits per heavy atom. The normalized spacial score (nSPS) is 10.8. The number of hydrogen-bond acceptors (Lipinski definition) is 5. The smallest absolute Gasteiger partial charge is 0.221 e. The second kappa shape index (κ2) is 7.87. The zero-order chi connectivity index (χ0) is 17.6. The molecule has 6 nitrogen and oxygen atoms in total. The SMILES string of the molecule is OCCc1cnn(-c2cc(CO)ccn2)c1OCc1ccc(F)cc1. The first-order valence-corrected chi connectivity index (χ1v) is 7.82. The highest BCUT2D eigenvalue weighted by Crippen LogP contribution is 2.24. The van der Waals surface area contributed by atoms with Crippen LogP contribution in [0, 0.1) is 5.82 Å². The third-order valence-corrected chi connectivity index (χ3v) is 3.68. The lowest BCUT2D eigenvalue weighted by Crippen LogP contribution is -2.07. The maximum atomic E-state index is 13.0. The van der Waals surface area contributed by atoms with E-state index in [-0.39, 0.29) is 25.6 Å². The highest BCUT2D eigenvalue weighted by Gasteiger charge is 2.15. The van der Waals surface area contributed by atoms with Gasteiger partial charge in [0.05, 0.1) is 12.8 Å². The molecule has 7 heteroatoms. The summed E-state index contributed by atoms with van der Waals surface area (Å²) in [7, 11) is 0. The summed E-state index contributed by atoms with van der Waals surface area (Å²) in [5.41, 5.74) is 2.25. The number of hydrogen-bond donors (Lipinski definition) is 2. The lowest BCUT2D eigenvalue weighted by molar-refractivity contribution is 0.271. The molecule has 25 heavy (non-hydrogen) atoms. The first-order valence-electron chi connectivity index (χ1n) is 7.82. The molecular weight excluding hydrogens is 325 g/mol. The van der Waals surface area contributed by atoms with Crippen LogP contribution in [0.1, 0.15) is 16.7 Å². The van der Waals surface area contributed by atoms with Gasteiger partial charge in [0.15, 0.2) is 5.82 Å². The van der Waals surface area contributed by atoms with Gasteiger partial charge < -0.3 is 14.9 Å². The number of nitrogens with zero attached hydrogens (tertiary/aromatic N) is 3. The topological polar surface area (TPSA) is 80.4 Å². The fraction of sp³-hybridized carbons (Fsp3) is 0.222. The lowest BCUT2D eigenvalue weighted by Gasteiger charge is -2.11. The minimum absolute atomic E-state index is 0.0390. The molecule has 0 aliphatic rings. The van der Waals surface area contributed by atoms with Gasteiger partial charge in [-0.25, -0.2) is 9.37 Å². The molecule has 0 atom stereocenters. The summed E-state index contributed by atoms with van der Waals surface area (Å²) in [6.45, 7) is 0.0822. The molecule has 3 rings (SSSR count). The van der Waals surface area contributed by atoms with E-state index in [1.54, 1.807) is 36.7 Å². The van der Waals surface area contributed by atoms with Crippen molar-refractivity contribution < 1.29 is 19.3 Å². The van der Waals surface area contributed by atoms with E-state index in [4.69, 9.17) is 4.74 Å². The number of aliphatic hydroxyl groups excluding tert-OH is 2. The Balaban J connectivity index is 1.89. The second-order valence-corrected chi connectivity index (χ2v) is 5.46. The number of aromatic nitrogens is 3. The van der Waals surface area contributed by atoms with Gasteiger partial charge in [0.1, 0.15) is 12.4 Å². The quantitative estimate of drug-likeness (QED) is 0.686. The molecule has 0 aliphatic carbocycles. The number of aliphatic hydroxyl groups is 2. The van der Waals surface area contributed by atoms with Gasteiger partial charge in [-0.3, -0.25) is 0 Å². The van der Waals surface area contributed by atoms with E-state index in [0.29, 0.717) is 23.7 Å². The van der Waals surface area contributed by atoms with Crippen LogP contribution in [0.15, 0.2) is 48.8 Å². The highest BCUT2D eigenvalue weighted by atomic mass is 19.1. The molecule has 2 aromatic heterocycles. The van der Waals surface area contributed by atoms with Crippen molar-refractivity contribution in [3.8, 4) is 11.7 Å². The first kappa shape index (κ1) is 17.1. The van der Waals surface area contributed by atoms with Crippen LogP contribution >= 0.6 is 0 Å². The molecule has 0 saturated heterocycles. The van der Waals surface area contributed by atoms with Gasteiger partial charge in [-0.05, 0) is 35.4 Å². The number of ether oxygens (including phenoxy) is 1. The zero-order valence-electron chi connectivity index (χ0n) is 13.5. The summed E-state index contributed by atoms with van der Waals surface area (Å²) < 4.78 is 20.4. The minimum atomic E-state index is -0.306. The Morgan fingerprint density at radius 1 is 1.08 bits per heavy atom. The average molecular weight is 343 g/mol. The van der Waals surface area contributed by atoms with Crippen LogP contribution in [0.2, 0.25) is 0 Å². The third-order valence-electron chi connectivity index (χ3n) is 3.68. The summed E-state index contributed by atoms with van der Waals surface area (Å²) in [5.74, 6) is 0.658.